The fourth-order valence-corrected chi connectivity index (χ4v) is 4.49. The molecule has 0 saturated carbocycles. The van der Waals surface area contributed by atoms with E-state index in [0.717, 1.165) is 11.3 Å². The van der Waals surface area contributed by atoms with Crippen LogP contribution in [-0.4, -0.2) is 51.2 Å². The summed E-state index contributed by atoms with van der Waals surface area (Å²) in [5.74, 6) is -0.365. The highest BCUT2D eigenvalue weighted by Gasteiger charge is 2.38. The second-order valence-corrected chi connectivity index (χ2v) is 9.33. The molecule has 2 aliphatic heterocycles. The molecule has 0 spiro atoms. The van der Waals surface area contributed by atoms with Crippen LogP contribution in [0.5, 0.6) is 0 Å². The SMILES string of the molecule is Cc1cc(NC(=O)N2Cc3c(nn4c3C(=O)N(C)CC(C)(C)C4)CC2C)ccc1F. The maximum Gasteiger partial charge on any atom is 0.322 e. The molecule has 1 aromatic carbocycles. The van der Waals surface area contributed by atoms with Gasteiger partial charge in [-0.15, -0.1) is 0 Å². The highest BCUT2D eigenvalue weighted by Crippen LogP contribution is 2.32. The van der Waals surface area contributed by atoms with E-state index in [2.05, 4.69) is 19.2 Å². The monoisotopic (exact) mass is 413 g/mol. The number of carbonyl (C=O) groups excluding carboxylic acids is 2. The van der Waals surface area contributed by atoms with E-state index in [9.17, 15) is 14.0 Å². The number of aryl methyl sites for hydroxylation is 1. The van der Waals surface area contributed by atoms with Crippen molar-refractivity contribution in [2.45, 2.75) is 53.2 Å². The minimum atomic E-state index is -0.308. The minimum absolute atomic E-state index is 0.0570. The number of hydrogen-bond acceptors (Lipinski definition) is 3. The molecule has 2 aromatic rings. The number of fused-ring (bicyclic) bond motifs is 3. The molecule has 3 heterocycles. The first-order valence-electron chi connectivity index (χ1n) is 10.2. The van der Waals surface area contributed by atoms with Crippen LogP contribution in [0.2, 0.25) is 0 Å². The molecule has 4 rings (SSSR count). The lowest BCUT2D eigenvalue weighted by molar-refractivity contribution is 0.0750. The second kappa shape index (κ2) is 7.11. The first-order chi connectivity index (χ1) is 14.1. The normalized spacial score (nSPS) is 20.5. The van der Waals surface area contributed by atoms with E-state index in [1.165, 1.54) is 6.07 Å². The van der Waals surface area contributed by atoms with E-state index in [4.69, 9.17) is 5.10 Å². The molecule has 0 saturated heterocycles. The van der Waals surface area contributed by atoms with Crippen LogP contribution in [0.4, 0.5) is 14.9 Å². The zero-order valence-corrected chi connectivity index (χ0v) is 18.1. The average molecular weight is 413 g/mol. The number of nitrogens with one attached hydrogen (secondary N) is 1. The number of amides is 3. The van der Waals surface area contributed by atoms with Gasteiger partial charge in [0.15, 0.2) is 0 Å². The quantitative estimate of drug-likeness (QED) is 0.779. The van der Waals surface area contributed by atoms with Crippen molar-refractivity contribution in [1.82, 2.24) is 19.6 Å². The predicted octanol–water partition coefficient (Wildman–Crippen LogP) is 3.42. The maximum absolute atomic E-state index is 13.5. The van der Waals surface area contributed by atoms with E-state index in [-0.39, 0.29) is 29.2 Å². The van der Waals surface area contributed by atoms with Gasteiger partial charge in [-0.3, -0.25) is 9.48 Å². The standard InChI is InChI=1S/C22H28FN5O2/c1-13-8-15(6-7-17(13)23)24-21(30)27-10-16-18(9-14(27)2)25-28-12-22(3,4)11-26(5)20(29)19(16)28/h6-8,14H,9-12H2,1-5H3,(H,24,30). The molecular weight excluding hydrogens is 385 g/mol. The van der Waals surface area contributed by atoms with Crippen molar-refractivity contribution in [1.29, 1.82) is 0 Å². The molecule has 1 N–H and O–H groups in total. The fourth-order valence-electron chi connectivity index (χ4n) is 4.49. The molecule has 160 valence electrons. The second-order valence-electron chi connectivity index (χ2n) is 9.33. The van der Waals surface area contributed by atoms with Gasteiger partial charge in [0, 0.05) is 49.3 Å². The van der Waals surface area contributed by atoms with Gasteiger partial charge in [0.1, 0.15) is 11.5 Å². The summed E-state index contributed by atoms with van der Waals surface area (Å²) in [7, 11) is 1.81. The van der Waals surface area contributed by atoms with Crippen molar-refractivity contribution in [3.05, 3.63) is 46.5 Å². The average Bonchev–Trinajstić information content (AvgIpc) is 2.94. The number of carbonyl (C=O) groups is 2. The Morgan fingerprint density at radius 3 is 2.73 bits per heavy atom. The molecule has 7 nitrogen and oxygen atoms in total. The summed E-state index contributed by atoms with van der Waals surface area (Å²) in [4.78, 5) is 29.5. The van der Waals surface area contributed by atoms with Crippen LogP contribution in [0.1, 0.15) is 48.1 Å². The van der Waals surface area contributed by atoms with Crippen molar-refractivity contribution >= 4 is 17.6 Å². The van der Waals surface area contributed by atoms with Crippen LogP contribution in [-0.2, 0) is 19.5 Å². The summed E-state index contributed by atoms with van der Waals surface area (Å²) in [5, 5.41) is 7.61. The van der Waals surface area contributed by atoms with Gasteiger partial charge < -0.3 is 15.1 Å². The van der Waals surface area contributed by atoms with Crippen LogP contribution in [0.25, 0.3) is 0 Å². The van der Waals surface area contributed by atoms with E-state index >= 15 is 0 Å². The highest BCUT2D eigenvalue weighted by atomic mass is 19.1. The summed E-state index contributed by atoms with van der Waals surface area (Å²) in [6, 6.07) is 4.16. The van der Waals surface area contributed by atoms with Gasteiger partial charge in [-0.05, 0) is 37.6 Å². The maximum atomic E-state index is 13.5. The Morgan fingerprint density at radius 2 is 2.03 bits per heavy atom. The largest absolute Gasteiger partial charge is 0.340 e. The Hall–Kier alpha value is -2.90. The Kier molecular flexibility index (Phi) is 4.83. The van der Waals surface area contributed by atoms with Gasteiger partial charge in [0.2, 0.25) is 0 Å². The third-order valence-corrected chi connectivity index (χ3v) is 5.95. The summed E-state index contributed by atoms with van der Waals surface area (Å²) >= 11 is 0. The number of anilines is 1. The topological polar surface area (TPSA) is 70.5 Å². The first-order valence-corrected chi connectivity index (χ1v) is 10.2. The van der Waals surface area contributed by atoms with E-state index in [1.807, 2.05) is 18.7 Å². The summed E-state index contributed by atoms with van der Waals surface area (Å²) < 4.78 is 15.4. The molecule has 2 aliphatic rings. The summed E-state index contributed by atoms with van der Waals surface area (Å²) in [6.45, 7) is 9.50. The van der Waals surface area contributed by atoms with Crippen LogP contribution >= 0.6 is 0 Å². The molecule has 30 heavy (non-hydrogen) atoms. The van der Waals surface area contributed by atoms with Crippen molar-refractivity contribution in [2.75, 3.05) is 18.9 Å². The molecule has 1 atom stereocenters. The molecule has 0 radical (unpaired) electrons. The van der Waals surface area contributed by atoms with Crippen molar-refractivity contribution in [3.63, 3.8) is 0 Å². The lowest BCUT2D eigenvalue weighted by Crippen LogP contribution is -2.45. The van der Waals surface area contributed by atoms with Gasteiger partial charge in [-0.1, -0.05) is 13.8 Å². The van der Waals surface area contributed by atoms with Gasteiger partial charge in [0.25, 0.3) is 5.91 Å². The number of hydrogen-bond donors (Lipinski definition) is 1. The van der Waals surface area contributed by atoms with E-state index in [0.29, 0.717) is 43.0 Å². The molecule has 3 amide bonds. The van der Waals surface area contributed by atoms with Gasteiger partial charge in [0.05, 0.1) is 12.2 Å². The Balaban J connectivity index is 1.63. The summed E-state index contributed by atoms with van der Waals surface area (Å²) in [5.41, 5.74) is 3.23. The number of halogens is 1. The van der Waals surface area contributed by atoms with Crippen LogP contribution in [0.15, 0.2) is 18.2 Å². The van der Waals surface area contributed by atoms with Crippen LogP contribution in [0, 0.1) is 18.2 Å². The number of urea groups is 1. The summed E-state index contributed by atoms with van der Waals surface area (Å²) in [6.07, 6.45) is 0.586. The van der Waals surface area contributed by atoms with Crippen LogP contribution in [0.3, 0.4) is 0 Å². The van der Waals surface area contributed by atoms with Crippen molar-refractivity contribution < 1.29 is 14.0 Å². The lowest BCUT2D eigenvalue weighted by atomic mass is 9.93. The molecule has 1 unspecified atom stereocenters. The predicted molar refractivity (Wildman–Crippen MR) is 112 cm³/mol. The minimum Gasteiger partial charge on any atom is -0.340 e. The van der Waals surface area contributed by atoms with Gasteiger partial charge in [-0.2, -0.15) is 5.10 Å². The molecule has 0 fully saturated rings. The van der Waals surface area contributed by atoms with E-state index < -0.39 is 0 Å². The van der Waals surface area contributed by atoms with E-state index in [1.54, 1.807) is 28.9 Å². The molecule has 0 bridgehead atoms. The van der Waals surface area contributed by atoms with Gasteiger partial charge in [-0.25, -0.2) is 9.18 Å². The lowest BCUT2D eigenvalue weighted by Gasteiger charge is -2.33. The van der Waals surface area contributed by atoms with Crippen molar-refractivity contribution in [2.24, 2.45) is 5.41 Å². The Morgan fingerprint density at radius 1 is 1.30 bits per heavy atom. The Labute approximate surface area is 175 Å². The zero-order chi connectivity index (χ0) is 21.8. The fraction of sp³-hybridized carbons (Fsp3) is 0.500. The smallest absolute Gasteiger partial charge is 0.322 e. The highest BCUT2D eigenvalue weighted by molar-refractivity contribution is 5.95. The van der Waals surface area contributed by atoms with Crippen molar-refractivity contribution in [3.8, 4) is 0 Å². The van der Waals surface area contributed by atoms with Gasteiger partial charge >= 0.3 is 6.03 Å². The number of nitrogens with zero attached hydrogens (tertiary/aromatic N) is 4. The third kappa shape index (κ3) is 3.55. The molecule has 8 heteroatoms. The Bertz CT molecular complexity index is 1030. The first kappa shape index (κ1) is 20.4. The number of aromatic nitrogens is 2. The van der Waals surface area contributed by atoms with Crippen LogP contribution < -0.4 is 5.32 Å². The molecular formula is C22H28FN5O2. The number of benzene rings is 1. The molecule has 1 aromatic heterocycles. The third-order valence-electron chi connectivity index (χ3n) is 5.95. The molecule has 0 aliphatic carbocycles. The number of rotatable bonds is 1. The zero-order valence-electron chi connectivity index (χ0n) is 18.1.